The maximum Gasteiger partial charge on any atom is 0.224 e. The third-order valence-electron chi connectivity index (χ3n) is 3.75. The minimum absolute atomic E-state index is 0.287. The van der Waals surface area contributed by atoms with Gasteiger partial charge in [0.25, 0.3) is 0 Å². The van der Waals surface area contributed by atoms with Crippen molar-refractivity contribution in [2.24, 2.45) is 11.8 Å². The summed E-state index contributed by atoms with van der Waals surface area (Å²) in [5.74, 6) is 1.61. The highest BCUT2D eigenvalue weighted by atomic mass is 35.5. The molecule has 2 aliphatic rings. The van der Waals surface area contributed by atoms with E-state index in [1.54, 1.807) is 0 Å². The Balaban J connectivity index is 2.03. The lowest BCUT2D eigenvalue weighted by molar-refractivity contribution is 0.355. The predicted molar refractivity (Wildman–Crippen MR) is 60.3 cm³/mol. The van der Waals surface area contributed by atoms with Gasteiger partial charge in [-0.05, 0) is 49.1 Å². The molecule has 2 nitrogen and oxygen atoms in total. The summed E-state index contributed by atoms with van der Waals surface area (Å²) < 4.78 is 0. The van der Waals surface area contributed by atoms with Gasteiger partial charge in [-0.25, -0.2) is 9.97 Å². The van der Waals surface area contributed by atoms with E-state index in [-0.39, 0.29) is 5.28 Å². The van der Waals surface area contributed by atoms with Gasteiger partial charge in [0, 0.05) is 5.56 Å². The molecule has 3 rings (SSSR count). The quantitative estimate of drug-likeness (QED) is 0.516. The zero-order valence-corrected chi connectivity index (χ0v) is 9.85. The molecule has 0 saturated heterocycles. The number of halogens is 2. The molecule has 1 heterocycles. The Bertz CT molecular complexity index is 406. The summed E-state index contributed by atoms with van der Waals surface area (Å²) in [5, 5.41) is 0.852. The monoisotopic (exact) mass is 242 g/mol. The molecule has 80 valence electrons. The first kappa shape index (κ1) is 9.86. The van der Waals surface area contributed by atoms with Crippen molar-refractivity contribution in [2.45, 2.75) is 32.1 Å². The largest absolute Gasteiger partial charge is 0.224 e. The van der Waals surface area contributed by atoms with Crippen LogP contribution in [0.2, 0.25) is 10.4 Å². The van der Waals surface area contributed by atoms with E-state index in [1.807, 2.05) is 0 Å². The van der Waals surface area contributed by atoms with Crippen LogP contribution < -0.4 is 0 Å². The lowest BCUT2D eigenvalue weighted by Gasteiger charge is -2.27. The third kappa shape index (κ3) is 1.64. The summed E-state index contributed by atoms with van der Waals surface area (Å²) in [7, 11) is 0. The molecule has 4 heteroatoms. The predicted octanol–water partition coefficient (Wildman–Crippen LogP) is 3.30. The molecule has 0 amide bonds. The molecule has 1 saturated carbocycles. The Labute approximate surface area is 99.0 Å². The molecule has 2 unspecified atom stereocenters. The summed E-state index contributed by atoms with van der Waals surface area (Å²) in [6.07, 6.45) is 6.12. The first-order valence-corrected chi connectivity index (χ1v) is 6.20. The normalized spacial score (nSPS) is 28.7. The van der Waals surface area contributed by atoms with Gasteiger partial charge in [0.05, 0.1) is 5.69 Å². The fraction of sp³-hybridized carbons (Fsp3) is 0.636. The van der Waals surface area contributed by atoms with Gasteiger partial charge in [0.1, 0.15) is 5.15 Å². The highest BCUT2D eigenvalue weighted by molar-refractivity contribution is 6.32. The second kappa shape index (κ2) is 3.60. The molecule has 1 fully saturated rings. The SMILES string of the molecule is Clc1nc(Cl)c2c(n1)CC1CCCC1C2. The molecule has 2 aliphatic carbocycles. The molecule has 15 heavy (non-hydrogen) atoms. The van der Waals surface area contributed by atoms with E-state index < -0.39 is 0 Å². The first-order chi connectivity index (χ1) is 7.24. The Morgan fingerprint density at radius 2 is 1.73 bits per heavy atom. The molecule has 0 aliphatic heterocycles. The molecule has 1 aromatic rings. The van der Waals surface area contributed by atoms with Crippen molar-refractivity contribution in [3.05, 3.63) is 21.7 Å². The molecule has 0 spiro atoms. The second-order valence-corrected chi connectivity index (χ2v) is 5.26. The van der Waals surface area contributed by atoms with E-state index in [4.69, 9.17) is 23.2 Å². The lowest BCUT2D eigenvalue weighted by atomic mass is 9.80. The topological polar surface area (TPSA) is 25.8 Å². The van der Waals surface area contributed by atoms with Gasteiger partial charge in [-0.3, -0.25) is 0 Å². The van der Waals surface area contributed by atoms with Crippen LogP contribution in [0.5, 0.6) is 0 Å². The highest BCUT2D eigenvalue weighted by Gasteiger charge is 2.34. The molecular weight excluding hydrogens is 231 g/mol. The van der Waals surface area contributed by atoms with Crippen molar-refractivity contribution in [1.29, 1.82) is 0 Å². The number of rotatable bonds is 0. The third-order valence-corrected chi connectivity index (χ3v) is 4.24. The van der Waals surface area contributed by atoms with Crippen LogP contribution in [0.1, 0.15) is 30.5 Å². The van der Waals surface area contributed by atoms with Crippen LogP contribution in [-0.4, -0.2) is 9.97 Å². The average molecular weight is 243 g/mol. The summed E-state index contributed by atoms with van der Waals surface area (Å²) in [6, 6.07) is 0. The lowest BCUT2D eigenvalue weighted by Crippen LogP contribution is -2.22. The minimum Gasteiger partial charge on any atom is -0.223 e. The van der Waals surface area contributed by atoms with Crippen LogP contribution in [0, 0.1) is 11.8 Å². The first-order valence-electron chi connectivity index (χ1n) is 5.45. The summed E-state index contributed by atoms with van der Waals surface area (Å²) in [4.78, 5) is 8.33. The van der Waals surface area contributed by atoms with Crippen molar-refractivity contribution in [2.75, 3.05) is 0 Å². The van der Waals surface area contributed by atoms with Gasteiger partial charge in [-0.2, -0.15) is 0 Å². The summed E-state index contributed by atoms with van der Waals surface area (Å²) in [5.41, 5.74) is 2.23. The molecule has 0 radical (unpaired) electrons. The zero-order chi connectivity index (χ0) is 10.4. The smallest absolute Gasteiger partial charge is 0.223 e. The van der Waals surface area contributed by atoms with Gasteiger partial charge < -0.3 is 0 Å². The van der Waals surface area contributed by atoms with E-state index in [9.17, 15) is 0 Å². The van der Waals surface area contributed by atoms with Crippen LogP contribution in [0.3, 0.4) is 0 Å². The van der Waals surface area contributed by atoms with Gasteiger partial charge in [-0.1, -0.05) is 18.0 Å². The van der Waals surface area contributed by atoms with E-state index in [0.717, 1.165) is 35.9 Å². The van der Waals surface area contributed by atoms with Crippen molar-refractivity contribution >= 4 is 23.2 Å². The fourth-order valence-corrected chi connectivity index (χ4v) is 3.50. The Morgan fingerprint density at radius 1 is 1.00 bits per heavy atom. The van der Waals surface area contributed by atoms with Crippen molar-refractivity contribution in [1.82, 2.24) is 9.97 Å². The molecule has 1 aromatic heterocycles. The van der Waals surface area contributed by atoms with E-state index in [1.165, 1.54) is 19.3 Å². The van der Waals surface area contributed by atoms with E-state index in [2.05, 4.69) is 9.97 Å². The van der Waals surface area contributed by atoms with Crippen LogP contribution in [0.4, 0.5) is 0 Å². The number of fused-ring (bicyclic) bond motifs is 2. The van der Waals surface area contributed by atoms with Gasteiger partial charge in [0.2, 0.25) is 5.28 Å². The molecular formula is C11H12Cl2N2. The Morgan fingerprint density at radius 3 is 2.53 bits per heavy atom. The molecule has 2 atom stereocenters. The number of aromatic nitrogens is 2. The Kier molecular flexibility index (Phi) is 2.37. The molecule has 0 N–H and O–H groups in total. The second-order valence-electron chi connectivity index (χ2n) is 4.57. The van der Waals surface area contributed by atoms with Crippen LogP contribution >= 0.6 is 23.2 Å². The maximum absolute atomic E-state index is 6.10. The van der Waals surface area contributed by atoms with Crippen molar-refractivity contribution in [3.63, 3.8) is 0 Å². The maximum atomic E-state index is 6.10. The van der Waals surface area contributed by atoms with Gasteiger partial charge >= 0.3 is 0 Å². The number of hydrogen-bond donors (Lipinski definition) is 0. The van der Waals surface area contributed by atoms with E-state index in [0.29, 0.717) is 5.15 Å². The number of hydrogen-bond acceptors (Lipinski definition) is 2. The van der Waals surface area contributed by atoms with Crippen molar-refractivity contribution < 1.29 is 0 Å². The van der Waals surface area contributed by atoms with Crippen LogP contribution in [-0.2, 0) is 12.8 Å². The molecule has 0 aromatic carbocycles. The van der Waals surface area contributed by atoms with Crippen LogP contribution in [0.15, 0.2) is 0 Å². The zero-order valence-electron chi connectivity index (χ0n) is 8.34. The van der Waals surface area contributed by atoms with Crippen LogP contribution in [0.25, 0.3) is 0 Å². The van der Waals surface area contributed by atoms with Gasteiger partial charge in [0.15, 0.2) is 0 Å². The van der Waals surface area contributed by atoms with Gasteiger partial charge in [-0.15, -0.1) is 0 Å². The minimum atomic E-state index is 0.287. The average Bonchev–Trinajstić information content (AvgIpc) is 2.61. The fourth-order valence-electron chi connectivity index (χ4n) is 3.00. The Hall–Kier alpha value is -0.340. The highest BCUT2D eigenvalue weighted by Crippen LogP contribution is 2.42. The number of nitrogens with zero attached hydrogens (tertiary/aromatic N) is 2. The van der Waals surface area contributed by atoms with Crippen molar-refractivity contribution in [3.8, 4) is 0 Å². The summed E-state index contributed by atoms with van der Waals surface area (Å²) in [6.45, 7) is 0. The summed E-state index contributed by atoms with van der Waals surface area (Å²) >= 11 is 11.9. The molecule has 0 bridgehead atoms. The standard InChI is InChI=1S/C11H12Cl2N2/c12-10-8-4-6-2-1-3-7(6)5-9(8)14-11(13)15-10/h6-7H,1-5H2. The van der Waals surface area contributed by atoms with E-state index >= 15 is 0 Å².